The summed E-state index contributed by atoms with van der Waals surface area (Å²) >= 11 is 0. The zero-order chi connectivity index (χ0) is 6.85. The minimum absolute atomic E-state index is 0.550. The van der Waals surface area contributed by atoms with Crippen molar-refractivity contribution in [1.82, 2.24) is 0 Å². The van der Waals surface area contributed by atoms with Crippen molar-refractivity contribution in [3.63, 3.8) is 0 Å². The Morgan fingerprint density at radius 1 is 1.44 bits per heavy atom. The lowest BCUT2D eigenvalue weighted by Gasteiger charge is -2.12. The third kappa shape index (κ3) is 1.37. The van der Waals surface area contributed by atoms with E-state index in [0.29, 0.717) is 5.92 Å². The molecule has 1 aliphatic heterocycles. The van der Waals surface area contributed by atoms with Crippen LogP contribution in [0.2, 0.25) is 0 Å². The highest BCUT2D eigenvalue weighted by molar-refractivity contribution is 5.98. The Bertz CT molecular complexity index is 168. The van der Waals surface area contributed by atoms with Crippen LogP contribution in [0, 0.1) is 5.92 Å². The van der Waals surface area contributed by atoms with E-state index in [9.17, 15) is 0 Å². The third-order valence-corrected chi connectivity index (χ3v) is 1.65. The molecule has 1 atom stereocenters. The maximum absolute atomic E-state index is 4.23. The van der Waals surface area contributed by atoms with Crippen molar-refractivity contribution in [2.75, 3.05) is 6.54 Å². The third-order valence-electron chi connectivity index (χ3n) is 1.65. The van der Waals surface area contributed by atoms with Gasteiger partial charge in [-0.15, -0.1) is 0 Å². The molecule has 0 saturated carbocycles. The summed E-state index contributed by atoms with van der Waals surface area (Å²) in [6.45, 7) is 7.06. The molecule has 9 heavy (non-hydrogen) atoms. The maximum Gasteiger partial charge on any atom is 0.120 e. The highest BCUT2D eigenvalue weighted by atomic mass is 14.9. The summed E-state index contributed by atoms with van der Waals surface area (Å²) < 4.78 is 0. The molecule has 0 amide bonds. The highest BCUT2D eigenvalue weighted by Gasteiger charge is 2.08. The lowest BCUT2D eigenvalue weighted by molar-refractivity contribution is 0.767. The molecule has 0 N–H and O–H groups in total. The molecule has 2 nitrogen and oxygen atoms in total. The number of nitrogens with zero attached hydrogens (tertiary/aromatic N) is 2. The van der Waals surface area contributed by atoms with Gasteiger partial charge in [0, 0.05) is 18.2 Å². The number of aliphatic imine (C=N–C) groups is 2. The Morgan fingerprint density at radius 2 is 2.11 bits per heavy atom. The van der Waals surface area contributed by atoms with E-state index in [-0.39, 0.29) is 0 Å². The molecule has 0 spiro atoms. The zero-order valence-corrected chi connectivity index (χ0v) is 6.18. The molecule has 1 heterocycles. The van der Waals surface area contributed by atoms with Crippen LogP contribution < -0.4 is 0 Å². The molecule has 0 aromatic carbocycles. The molecule has 1 unspecified atom stereocenters. The van der Waals surface area contributed by atoms with E-state index >= 15 is 0 Å². The smallest absolute Gasteiger partial charge is 0.120 e. The van der Waals surface area contributed by atoms with Crippen molar-refractivity contribution in [3.8, 4) is 0 Å². The summed E-state index contributed by atoms with van der Waals surface area (Å²) in [7, 11) is 0. The van der Waals surface area contributed by atoms with Crippen LogP contribution >= 0.6 is 0 Å². The van der Waals surface area contributed by atoms with Gasteiger partial charge in [0.15, 0.2) is 0 Å². The van der Waals surface area contributed by atoms with Crippen LogP contribution in [0.1, 0.15) is 20.8 Å². The lowest BCUT2D eigenvalue weighted by Crippen LogP contribution is -2.17. The Morgan fingerprint density at radius 3 is 2.56 bits per heavy atom. The minimum Gasteiger partial charge on any atom is -0.270 e. The monoisotopic (exact) mass is 124 g/mol. The SMILES string of the molecule is CC1=NCC(C)C(C)=N1. The molecular formula is C7H12N2. The molecule has 0 aliphatic carbocycles. The highest BCUT2D eigenvalue weighted by Crippen LogP contribution is 2.05. The molecule has 1 aliphatic rings. The average Bonchev–Trinajstić information content (AvgIpc) is 1.80. The number of amidine groups is 1. The van der Waals surface area contributed by atoms with Crippen molar-refractivity contribution in [1.29, 1.82) is 0 Å². The van der Waals surface area contributed by atoms with Crippen LogP contribution in [0.15, 0.2) is 9.98 Å². The van der Waals surface area contributed by atoms with Gasteiger partial charge in [0.2, 0.25) is 0 Å². The first kappa shape index (κ1) is 6.46. The Hall–Kier alpha value is -0.660. The van der Waals surface area contributed by atoms with E-state index in [1.807, 2.05) is 6.92 Å². The summed E-state index contributed by atoms with van der Waals surface area (Å²) in [6, 6.07) is 0. The molecule has 0 radical (unpaired) electrons. The average molecular weight is 124 g/mol. The van der Waals surface area contributed by atoms with Crippen molar-refractivity contribution < 1.29 is 0 Å². The van der Waals surface area contributed by atoms with Crippen molar-refractivity contribution in [2.24, 2.45) is 15.9 Å². The van der Waals surface area contributed by atoms with Crippen LogP contribution in [-0.4, -0.2) is 18.1 Å². The summed E-state index contributed by atoms with van der Waals surface area (Å²) in [5.74, 6) is 1.47. The van der Waals surface area contributed by atoms with Gasteiger partial charge in [-0.25, -0.2) is 4.99 Å². The van der Waals surface area contributed by atoms with Gasteiger partial charge in [-0.3, -0.25) is 4.99 Å². The van der Waals surface area contributed by atoms with Gasteiger partial charge in [-0.05, 0) is 13.8 Å². The fourth-order valence-corrected chi connectivity index (χ4v) is 0.802. The van der Waals surface area contributed by atoms with E-state index < -0.39 is 0 Å². The van der Waals surface area contributed by atoms with Gasteiger partial charge in [0.1, 0.15) is 5.84 Å². The Balaban J connectivity index is 2.74. The molecular weight excluding hydrogens is 112 g/mol. The summed E-state index contributed by atoms with van der Waals surface area (Å²) in [4.78, 5) is 8.42. The quantitative estimate of drug-likeness (QED) is 0.467. The predicted molar refractivity (Wildman–Crippen MR) is 40.2 cm³/mol. The van der Waals surface area contributed by atoms with Gasteiger partial charge in [0.05, 0.1) is 0 Å². The first-order valence-corrected chi connectivity index (χ1v) is 3.26. The van der Waals surface area contributed by atoms with Crippen LogP contribution in [0.25, 0.3) is 0 Å². The number of rotatable bonds is 0. The van der Waals surface area contributed by atoms with Crippen molar-refractivity contribution in [3.05, 3.63) is 0 Å². The Labute approximate surface area is 55.7 Å². The predicted octanol–water partition coefficient (Wildman–Crippen LogP) is 1.52. The van der Waals surface area contributed by atoms with Crippen LogP contribution in [0.4, 0.5) is 0 Å². The van der Waals surface area contributed by atoms with Gasteiger partial charge < -0.3 is 0 Å². The molecule has 2 heteroatoms. The second-order valence-corrected chi connectivity index (χ2v) is 2.54. The Kier molecular flexibility index (Phi) is 1.65. The van der Waals surface area contributed by atoms with Crippen molar-refractivity contribution >= 4 is 11.5 Å². The van der Waals surface area contributed by atoms with Gasteiger partial charge in [-0.2, -0.15) is 0 Å². The zero-order valence-electron chi connectivity index (χ0n) is 6.18. The minimum atomic E-state index is 0.550. The summed E-state index contributed by atoms with van der Waals surface area (Å²) in [6.07, 6.45) is 0. The van der Waals surface area contributed by atoms with Crippen LogP contribution in [0.5, 0.6) is 0 Å². The van der Waals surface area contributed by atoms with Crippen LogP contribution in [-0.2, 0) is 0 Å². The first-order valence-electron chi connectivity index (χ1n) is 3.26. The number of hydrogen-bond acceptors (Lipinski definition) is 2. The summed E-state index contributed by atoms with van der Waals surface area (Å²) in [5.41, 5.74) is 1.21. The molecule has 0 saturated heterocycles. The maximum atomic E-state index is 4.23. The fourth-order valence-electron chi connectivity index (χ4n) is 0.802. The normalized spacial score (nSPS) is 27.2. The second kappa shape index (κ2) is 2.29. The van der Waals surface area contributed by atoms with E-state index in [1.54, 1.807) is 0 Å². The largest absolute Gasteiger partial charge is 0.270 e. The molecule has 1 rings (SSSR count). The molecule has 0 fully saturated rings. The lowest BCUT2D eigenvalue weighted by atomic mass is 10.1. The topological polar surface area (TPSA) is 24.7 Å². The first-order chi connectivity index (χ1) is 4.20. The van der Waals surface area contributed by atoms with E-state index in [0.717, 1.165) is 12.4 Å². The van der Waals surface area contributed by atoms with E-state index in [1.165, 1.54) is 5.71 Å². The standard InChI is InChI=1S/C7H12N2/c1-5-4-8-7(3)9-6(5)2/h5H,4H2,1-3H3. The van der Waals surface area contributed by atoms with Gasteiger partial charge in [-0.1, -0.05) is 6.92 Å². The van der Waals surface area contributed by atoms with E-state index in [2.05, 4.69) is 23.8 Å². The second-order valence-electron chi connectivity index (χ2n) is 2.54. The van der Waals surface area contributed by atoms with Gasteiger partial charge in [0.25, 0.3) is 0 Å². The van der Waals surface area contributed by atoms with Crippen LogP contribution in [0.3, 0.4) is 0 Å². The molecule has 50 valence electrons. The van der Waals surface area contributed by atoms with Crippen molar-refractivity contribution in [2.45, 2.75) is 20.8 Å². The fraction of sp³-hybridized carbons (Fsp3) is 0.714. The molecule has 0 aromatic heterocycles. The molecule has 0 aromatic rings. The van der Waals surface area contributed by atoms with Gasteiger partial charge >= 0.3 is 0 Å². The van der Waals surface area contributed by atoms with E-state index in [4.69, 9.17) is 0 Å². The number of hydrogen-bond donors (Lipinski definition) is 0. The summed E-state index contributed by atoms with van der Waals surface area (Å²) in [5, 5.41) is 0. The molecule has 0 bridgehead atoms.